The summed E-state index contributed by atoms with van der Waals surface area (Å²) in [7, 11) is -4.56. The Hall–Kier alpha value is -5.21. The van der Waals surface area contributed by atoms with Gasteiger partial charge in [-0.1, -0.05) is 60.7 Å². The third-order valence-electron chi connectivity index (χ3n) is 6.58. The molecule has 0 bridgehead atoms. The highest BCUT2D eigenvalue weighted by molar-refractivity contribution is 7.86. The van der Waals surface area contributed by atoms with Crippen LogP contribution < -0.4 is 19.9 Å². The van der Waals surface area contributed by atoms with Crippen LogP contribution in [0.5, 0.6) is 11.5 Å². The van der Waals surface area contributed by atoms with Crippen molar-refractivity contribution in [3.05, 3.63) is 117 Å². The van der Waals surface area contributed by atoms with Crippen LogP contribution in [0.25, 0.3) is 21.1 Å². The molecule has 1 unspecified atom stereocenters. The van der Waals surface area contributed by atoms with Gasteiger partial charge in [0.05, 0.1) is 38.5 Å². The molecule has 236 valence electrons. The summed E-state index contributed by atoms with van der Waals surface area (Å²) in [5.41, 5.74) is -0.299. The van der Waals surface area contributed by atoms with Gasteiger partial charge in [0.25, 0.3) is 21.5 Å². The molecule has 3 aromatic rings. The third-order valence-corrected chi connectivity index (χ3v) is 7.55. The Morgan fingerprint density at radius 2 is 1.28 bits per heavy atom. The molecule has 0 saturated carbocycles. The summed E-state index contributed by atoms with van der Waals surface area (Å²) in [6.45, 7) is 15.2. The van der Waals surface area contributed by atoms with Crippen molar-refractivity contribution in [1.29, 1.82) is 10.5 Å². The van der Waals surface area contributed by atoms with Gasteiger partial charge in [-0.2, -0.15) is 8.42 Å². The summed E-state index contributed by atoms with van der Waals surface area (Å²) >= 11 is 0. The van der Waals surface area contributed by atoms with Gasteiger partial charge in [-0.25, -0.2) is 20.2 Å². The van der Waals surface area contributed by atoms with Crippen LogP contribution in [0.4, 0.5) is 0 Å². The van der Waals surface area contributed by atoms with Gasteiger partial charge in [0.15, 0.2) is 5.44 Å². The summed E-state index contributed by atoms with van der Waals surface area (Å²) < 4.78 is 56.2. The average Bonchev–Trinajstić information content (AvgIpc) is 3.06. The molecular formula is C34H32N4O7S. The van der Waals surface area contributed by atoms with Gasteiger partial charge in [-0.05, 0) is 42.5 Å². The molecule has 0 saturated heterocycles. The molecule has 3 rings (SSSR count). The van der Waals surface area contributed by atoms with E-state index in [1.165, 1.54) is 17.7 Å². The molecule has 0 radical (unpaired) electrons. The zero-order valence-electron chi connectivity index (χ0n) is 25.0. The van der Waals surface area contributed by atoms with Gasteiger partial charge < -0.3 is 18.9 Å². The van der Waals surface area contributed by atoms with E-state index in [1.54, 1.807) is 36.4 Å². The number of ether oxygens (including phenoxy) is 4. The monoisotopic (exact) mass is 640 g/mol. The van der Waals surface area contributed by atoms with Crippen LogP contribution in [0, 0.1) is 35.8 Å². The molecule has 3 aromatic carbocycles. The first kappa shape index (κ1) is 35.3. The Morgan fingerprint density at radius 3 is 1.78 bits per heavy atom. The largest absolute Gasteiger partial charge is 0.492 e. The molecule has 0 amide bonds. The molecule has 0 spiro atoms. The summed E-state index contributed by atoms with van der Waals surface area (Å²) in [6, 6.07) is 25.0. The van der Waals surface area contributed by atoms with Gasteiger partial charge in [-0.15, -0.1) is 0 Å². The van der Waals surface area contributed by atoms with E-state index in [-0.39, 0.29) is 66.2 Å². The van der Waals surface area contributed by atoms with E-state index in [4.69, 9.17) is 32.1 Å². The van der Waals surface area contributed by atoms with E-state index in [9.17, 15) is 23.5 Å². The molecule has 46 heavy (non-hydrogen) atoms. The number of hydrogen-bond donors (Lipinski definition) is 1. The van der Waals surface area contributed by atoms with E-state index in [1.807, 2.05) is 24.3 Å². The lowest BCUT2D eigenvalue weighted by molar-refractivity contribution is 0.0724. The van der Waals surface area contributed by atoms with Crippen molar-refractivity contribution >= 4 is 21.5 Å². The molecule has 0 aliphatic rings. The highest BCUT2D eigenvalue weighted by atomic mass is 32.2. The SMILES string of the molecule is [C-]#[N+]C(C#N)=c1cc(OCCOC(Cc2ccccc2)S(=O)(=O)O)c(=C(C#N)[N+]#[C-])cc1OCCOCCCCc1ccccc1. The van der Waals surface area contributed by atoms with Crippen molar-refractivity contribution in [2.24, 2.45) is 0 Å². The minimum Gasteiger partial charge on any atom is -0.492 e. The molecule has 12 heteroatoms. The fraction of sp³-hybridized carbons (Fsp3) is 0.294. The molecule has 11 nitrogen and oxygen atoms in total. The number of benzene rings is 3. The fourth-order valence-electron chi connectivity index (χ4n) is 4.34. The molecule has 1 N–H and O–H groups in total. The smallest absolute Gasteiger partial charge is 0.292 e. The zero-order valence-corrected chi connectivity index (χ0v) is 25.8. The van der Waals surface area contributed by atoms with Crippen LogP contribution >= 0.6 is 0 Å². The maximum atomic E-state index is 11.9. The van der Waals surface area contributed by atoms with Crippen LogP contribution in [-0.4, -0.2) is 51.4 Å². The van der Waals surface area contributed by atoms with Crippen LogP contribution in [0.3, 0.4) is 0 Å². The van der Waals surface area contributed by atoms with E-state index >= 15 is 0 Å². The van der Waals surface area contributed by atoms with Crippen LogP contribution in [0.15, 0.2) is 72.8 Å². The Bertz CT molecular complexity index is 1820. The number of rotatable bonds is 17. The van der Waals surface area contributed by atoms with Gasteiger partial charge in [0.1, 0.15) is 24.7 Å². The maximum Gasteiger partial charge on any atom is 0.292 e. The van der Waals surface area contributed by atoms with Crippen molar-refractivity contribution in [2.45, 2.75) is 31.1 Å². The number of nitrogens with zero attached hydrogens (tertiary/aromatic N) is 4. The molecule has 0 aromatic heterocycles. The first-order valence-electron chi connectivity index (χ1n) is 14.3. The lowest BCUT2D eigenvalue weighted by atomic mass is 10.1. The van der Waals surface area contributed by atoms with Crippen molar-refractivity contribution in [3.63, 3.8) is 0 Å². The van der Waals surface area contributed by atoms with Crippen molar-refractivity contribution < 1.29 is 31.9 Å². The molecule has 1 atom stereocenters. The average molecular weight is 641 g/mol. The minimum atomic E-state index is -4.56. The number of aryl methyl sites for hydroxylation is 1. The normalized spacial score (nSPS) is 12.8. The predicted molar refractivity (Wildman–Crippen MR) is 170 cm³/mol. The quantitative estimate of drug-likeness (QED) is 0.131. The van der Waals surface area contributed by atoms with Gasteiger partial charge in [-0.3, -0.25) is 4.55 Å². The molecule has 0 aliphatic carbocycles. The predicted octanol–water partition coefficient (Wildman–Crippen LogP) is 4.06. The zero-order chi connectivity index (χ0) is 33.2. The van der Waals surface area contributed by atoms with Crippen LogP contribution in [0.2, 0.25) is 0 Å². The van der Waals surface area contributed by atoms with E-state index in [0.717, 1.165) is 19.3 Å². The summed E-state index contributed by atoms with van der Waals surface area (Å²) in [5.74, 6) is 0.0700. The van der Waals surface area contributed by atoms with Crippen molar-refractivity contribution in [1.82, 2.24) is 0 Å². The second-order valence-electron chi connectivity index (χ2n) is 9.75. The second kappa shape index (κ2) is 18.6. The maximum absolute atomic E-state index is 11.9. The lowest BCUT2D eigenvalue weighted by Gasteiger charge is -2.16. The van der Waals surface area contributed by atoms with Crippen LogP contribution in [0.1, 0.15) is 24.0 Å². The van der Waals surface area contributed by atoms with E-state index in [0.29, 0.717) is 12.2 Å². The first-order valence-corrected chi connectivity index (χ1v) is 15.8. The number of unbranched alkanes of at least 4 members (excludes halogenated alkanes) is 1. The molecule has 0 aliphatic heterocycles. The highest BCUT2D eigenvalue weighted by Crippen LogP contribution is 2.14. The second-order valence-corrected chi connectivity index (χ2v) is 11.3. The van der Waals surface area contributed by atoms with Crippen LogP contribution in [-0.2, 0) is 32.4 Å². The standard InChI is InChI=1S/C34H32N4O7S/c1-37-30(24-35)28-23-33(44-19-20-45-34(46(39,40)41)21-27-14-7-4-8-15-27)29(31(25-36)38-2)22-32(28)43-18-17-42-16-10-9-13-26-11-5-3-6-12-26/h3-8,11-12,14-15,22-23,34H,9-10,13,16-21H2,(H,39,40,41). The van der Waals surface area contributed by atoms with E-state index in [2.05, 4.69) is 21.8 Å². The topological polar surface area (TPSA) is 148 Å². The molecule has 0 heterocycles. The Morgan fingerprint density at radius 1 is 0.761 bits per heavy atom. The van der Waals surface area contributed by atoms with Crippen molar-refractivity contribution in [3.8, 4) is 23.6 Å². The van der Waals surface area contributed by atoms with Crippen molar-refractivity contribution in [2.75, 3.05) is 33.0 Å². The third kappa shape index (κ3) is 11.1. The summed E-state index contributed by atoms with van der Waals surface area (Å²) in [5, 5.41) is 19.3. The molecular weight excluding hydrogens is 608 g/mol. The Balaban J connectivity index is 1.71. The van der Waals surface area contributed by atoms with Gasteiger partial charge >= 0.3 is 0 Å². The Kier molecular flexibility index (Phi) is 14.2. The lowest BCUT2D eigenvalue weighted by Crippen LogP contribution is -2.29. The summed E-state index contributed by atoms with van der Waals surface area (Å²) in [6.07, 6.45) is 2.66. The van der Waals surface area contributed by atoms with Gasteiger partial charge in [0, 0.05) is 23.5 Å². The first-order chi connectivity index (χ1) is 22.3. The Labute approximate surface area is 268 Å². The van der Waals surface area contributed by atoms with E-state index < -0.39 is 15.6 Å². The number of nitriles is 2. The number of hydrogen-bond acceptors (Lipinski definition) is 8. The van der Waals surface area contributed by atoms with Gasteiger partial charge in [0.2, 0.25) is 0 Å². The molecule has 0 fully saturated rings. The summed E-state index contributed by atoms with van der Waals surface area (Å²) in [4.78, 5) is 6.53. The fourth-order valence-corrected chi connectivity index (χ4v) is 5.01. The minimum absolute atomic E-state index is 0.0176. The highest BCUT2D eigenvalue weighted by Gasteiger charge is 2.24.